The Bertz CT molecular complexity index is 309. The van der Waals surface area contributed by atoms with Crippen LogP contribution >= 0.6 is 0 Å². The maximum absolute atomic E-state index is 11.3. The van der Waals surface area contributed by atoms with Crippen molar-refractivity contribution in [2.75, 3.05) is 26.4 Å². The molecule has 0 rings (SSSR count). The summed E-state index contributed by atoms with van der Waals surface area (Å²) < 4.78 is 10.2. The fourth-order valence-electron chi connectivity index (χ4n) is 2.97. The zero-order valence-corrected chi connectivity index (χ0v) is 17.6. The predicted molar refractivity (Wildman–Crippen MR) is 110 cm³/mol. The van der Waals surface area contributed by atoms with Gasteiger partial charge in [0.15, 0.2) is 0 Å². The highest BCUT2D eigenvalue weighted by atomic mass is 16.5. The van der Waals surface area contributed by atoms with Gasteiger partial charge in [0.05, 0.1) is 19.6 Å². The molecule has 0 bridgehead atoms. The quantitative estimate of drug-likeness (QED) is 0.219. The summed E-state index contributed by atoms with van der Waals surface area (Å²) in [6.07, 6.45) is 17.9. The number of unbranched alkanes of at least 4 members (excludes halogenated alkanes) is 13. The first-order valence-electron chi connectivity index (χ1n) is 11.2. The number of aliphatic hydroxyl groups excluding tert-OH is 2. The minimum absolute atomic E-state index is 0.158. The molecule has 0 spiro atoms. The lowest BCUT2D eigenvalue weighted by Crippen LogP contribution is -2.22. The number of rotatable bonds is 21. The third kappa shape index (κ3) is 21.5. The van der Waals surface area contributed by atoms with E-state index in [0.717, 1.165) is 6.42 Å². The third-order valence-corrected chi connectivity index (χ3v) is 4.74. The van der Waals surface area contributed by atoms with Crippen LogP contribution in [0, 0.1) is 0 Å². The van der Waals surface area contributed by atoms with E-state index in [1.807, 2.05) is 0 Å². The molecule has 5 heteroatoms. The number of ether oxygens (including phenoxy) is 2. The number of carbonyl (C=O) groups excluding carboxylic acids is 1. The Morgan fingerprint density at radius 2 is 1.26 bits per heavy atom. The van der Waals surface area contributed by atoms with Gasteiger partial charge in [0.2, 0.25) is 0 Å². The van der Waals surface area contributed by atoms with Crippen LogP contribution in [0.5, 0.6) is 0 Å². The molecular weight excluding hydrogens is 344 g/mol. The minimum Gasteiger partial charge on any atom is -0.463 e. The van der Waals surface area contributed by atoms with E-state index < -0.39 is 18.7 Å². The van der Waals surface area contributed by atoms with E-state index in [1.165, 1.54) is 83.5 Å². The molecule has 27 heavy (non-hydrogen) atoms. The number of hydrogen-bond donors (Lipinski definition) is 2. The van der Waals surface area contributed by atoms with Crippen LogP contribution in [-0.4, -0.2) is 48.7 Å². The Morgan fingerprint density at radius 3 is 1.74 bits per heavy atom. The normalized spacial score (nSPS) is 12.3. The molecule has 0 aliphatic carbocycles. The number of carbonyl (C=O) groups is 1. The van der Waals surface area contributed by atoms with Crippen LogP contribution in [0.25, 0.3) is 0 Å². The van der Waals surface area contributed by atoms with Gasteiger partial charge in [-0.1, -0.05) is 90.4 Å². The molecule has 0 saturated carbocycles. The molecule has 0 saturated heterocycles. The molecule has 0 aliphatic heterocycles. The monoisotopic (exact) mass is 388 g/mol. The van der Waals surface area contributed by atoms with E-state index in [-0.39, 0.29) is 13.0 Å². The molecule has 2 N–H and O–H groups in total. The molecule has 0 aromatic carbocycles. The zero-order chi connectivity index (χ0) is 20.0. The van der Waals surface area contributed by atoms with Crippen LogP contribution < -0.4 is 0 Å². The molecule has 162 valence electrons. The highest BCUT2D eigenvalue weighted by molar-refractivity contribution is 5.69. The summed E-state index contributed by atoms with van der Waals surface area (Å²) in [6.45, 7) is 2.75. The van der Waals surface area contributed by atoms with Gasteiger partial charge in [-0.25, -0.2) is 0 Å². The molecule has 0 fully saturated rings. The molecule has 1 atom stereocenters. The summed E-state index contributed by atoms with van der Waals surface area (Å²) in [5, 5.41) is 17.7. The lowest BCUT2D eigenvalue weighted by molar-refractivity contribution is -0.148. The van der Waals surface area contributed by atoms with Crippen molar-refractivity contribution in [3.8, 4) is 0 Å². The minimum atomic E-state index is -0.995. The average Bonchev–Trinajstić information content (AvgIpc) is 2.68. The second kappa shape index (κ2) is 21.6. The van der Waals surface area contributed by atoms with E-state index in [1.54, 1.807) is 0 Å². The summed E-state index contributed by atoms with van der Waals surface area (Å²) in [4.78, 5) is 11.3. The van der Waals surface area contributed by atoms with Gasteiger partial charge in [0, 0.05) is 6.61 Å². The molecule has 1 unspecified atom stereocenters. The zero-order valence-electron chi connectivity index (χ0n) is 17.6. The summed E-state index contributed by atoms with van der Waals surface area (Å²) in [5.74, 6) is -0.400. The topological polar surface area (TPSA) is 76.0 Å². The van der Waals surface area contributed by atoms with Crippen molar-refractivity contribution in [3.63, 3.8) is 0 Å². The van der Waals surface area contributed by atoms with Crippen LogP contribution in [0.1, 0.15) is 103 Å². The number of esters is 1. The Labute approximate surface area is 166 Å². The Balaban J connectivity index is 3.11. The molecule has 0 aliphatic rings. The van der Waals surface area contributed by atoms with Gasteiger partial charge in [-0.2, -0.15) is 0 Å². The van der Waals surface area contributed by atoms with E-state index in [9.17, 15) is 4.79 Å². The third-order valence-electron chi connectivity index (χ3n) is 4.74. The van der Waals surface area contributed by atoms with E-state index in [4.69, 9.17) is 19.7 Å². The second-order valence-corrected chi connectivity index (χ2v) is 7.48. The Hall–Kier alpha value is -0.650. The molecule has 0 amide bonds. The first kappa shape index (κ1) is 26.4. The molecule has 5 nitrogen and oxygen atoms in total. The van der Waals surface area contributed by atoms with Crippen LogP contribution in [-0.2, 0) is 14.3 Å². The maximum Gasteiger partial charge on any atom is 0.308 e. The fraction of sp³-hybridized carbons (Fsp3) is 0.955. The lowest BCUT2D eigenvalue weighted by Gasteiger charge is -2.08. The highest BCUT2D eigenvalue weighted by Gasteiger charge is 2.07. The highest BCUT2D eigenvalue weighted by Crippen LogP contribution is 2.12. The average molecular weight is 389 g/mol. The van der Waals surface area contributed by atoms with Crippen molar-refractivity contribution < 1.29 is 24.5 Å². The smallest absolute Gasteiger partial charge is 0.308 e. The van der Waals surface area contributed by atoms with Crippen LogP contribution in [0.15, 0.2) is 0 Å². The van der Waals surface area contributed by atoms with Gasteiger partial charge in [-0.15, -0.1) is 0 Å². The Kier molecular flexibility index (Phi) is 21.1. The van der Waals surface area contributed by atoms with E-state index in [0.29, 0.717) is 13.2 Å². The molecule has 0 radical (unpaired) electrons. The SMILES string of the molecule is CCCCCCCCCCCCCCCCOCCC(=O)OCC(O)CO. The summed E-state index contributed by atoms with van der Waals surface area (Å²) >= 11 is 0. The molecular formula is C22H44O5. The molecule has 0 aromatic rings. The summed E-state index contributed by atoms with van der Waals surface area (Å²) in [6, 6.07) is 0. The van der Waals surface area contributed by atoms with E-state index >= 15 is 0 Å². The Morgan fingerprint density at radius 1 is 0.778 bits per heavy atom. The molecule has 0 aromatic heterocycles. The van der Waals surface area contributed by atoms with Crippen molar-refractivity contribution in [3.05, 3.63) is 0 Å². The van der Waals surface area contributed by atoms with Crippen molar-refractivity contribution in [1.29, 1.82) is 0 Å². The van der Waals surface area contributed by atoms with Crippen LogP contribution in [0.4, 0.5) is 0 Å². The van der Waals surface area contributed by atoms with Gasteiger partial charge >= 0.3 is 5.97 Å². The number of aliphatic hydroxyl groups is 2. The lowest BCUT2D eigenvalue weighted by atomic mass is 10.0. The van der Waals surface area contributed by atoms with Crippen LogP contribution in [0.3, 0.4) is 0 Å². The van der Waals surface area contributed by atoms with Crippen molar-refractivity contribution in [2.24, 2.45) is 0 Å². The predicted octanol–water partition coefficient (Wildman–Crippen LogP) is 4.77. The van der Waals surface area contributed by atoms with Gasteiger partial charge in [-0.3, -0.25) is 4.79 Å². The number of hydrogen-bond acceptors (Lipinski definition) is 5. The molecule has 0 heterocycles. The largest absolute Gasteiger partial charge is 0.463 e. The first-order chi connectivity index (χ1) is 13.2. The first-order valence-corrected chi connectivity index (χ1v) is 11.2. The standard InChI is InChI=1S/C22H44O5/c1-2-3-4-5-6-7-8-9-10-11-12-13-14-15-17-26-18-16-22(25)27-20-21(24)19-23/h21,23-24H,2-20H2,1H3. The maximum atomic E-state index is 11.3. The second-order valence-electron chi connectivity index (χ2n) is 7.48. The van der Waals surface area contributed by atoms with Gasteiger partial charge in [0.1, 0.15) is 12.7 Å². The van der Waals surface area contributed by atoms with Crippen LogP contribution in [0.2, 0.25) is 0 Å². The van der Waals surface area contributed by atoms with Gasteiger partial charge < -0.3 is 19.7 Å². The van der Waals surface area contributed by atoms with E-state index in [2.05, 4.69) is 6.92 Å². The van der Waals surface area contributed by atoms with Gasteiger partial charge in [0.25, 0.3) is 0 Å². The van der Waals surface area contributed by atoms with Gasteiger partial charge in [-0.05, 0) is 6.42 Å². The summed E-state index contributed by atoms with van der Waals surface area (Å²) in [7, 11) is 0. The van der Waals surface area contributed by atoms with Crippen molar-refractivity contribution in [2.45, 2.75) is 109 Å². The van der Waals surface area contributed by atoms with Crippen molar-refractivity contribution in [1.82, 2.24) is 0 Å². The fourth-order valence-corrected chi connectivity index (χ4v) is 2.97. The van der Waals surface area contributed by atoms with Crippen molar-refractivity contribution >= 4 is 5.97 Å². The summed E-state index contributed by atoms with van der Waals surface area (Å²) in [5.41, 5.74) is 0.